The van der Waals surface area contributed by atoms with Crippen LogP contribution in [0, 0.1) is 0 Å². The summed E-state index contributed by atoms with van der Waals surface area (Å²) in [5.74, 6) is 1.01. The molecule has 1 aliphatic rings. The van der Waals surface area contributed by atoms with Crippen LogP contribution in [0.3, 0.4) is 0 Å². The standard InChI is InChI=1S/C18H22N2/c1-18(2,15-8-4-3-5-9-15)13-19-17-12-11-14-7-6-10-16(14)20-17/h3-5,8-9,11-12H,6-7,10,13H2,1-2H3,(H,19,20). The summed E-state index contributed by atoms with van der Waals surface area (Å²) in [6.45, 7) is 5.42. The van der Waals surface area contributed by atoms with E-state index in [9.17, 15) is 0 Å². The first kappa shape index (κ1) is 13.2. The molecule has 2 nitrogen and oxygen atoms in total. The fraction of sp³-hybridized carbons (Fsp3) is 0.389. The Balaban J connectivity index is 1.70. The summed E-state index contributed by atoms with van der Waals surface area (Å²) in [6, 6.07) is 15.0. The van der Waals surface area contributed by atoms with Gasteiger partial charge in [-0.3, -0.25) is 0 Å². The van der Waals surface area contributed by atoms with Gasteiger partial charge in [-0.15, -0.1) is 0 Å². The molecule has 104 valence electrons. The minimum absolute atomic E-state index is 0.0992. The average Bonchev–Trinajstić information content (AvgIpc) is 2.94. The van der Waals surface area contributed by atoms with E-state index in [-0.39, 0.29) is 5.41 Å². The molecule has 0 amide bonds. The third-order valence-corrected chi connectivity index (χ3v) is 4.19. The lowest BCUT2D eigenvalue weighted by molar-refractivity contribution is 0.556. The second kappa shape index (κ2) is 5.28. The lowest BCUT2D eigenvalue weighted by atomic mass is 9.84. The molecule has 20 heavy (non-hydrogen) atoms. The number of aryl methyl sites for hydroxylation is 2. The fourth-order valence-electron chi connectivity index (χ4n) is 2.82. The third kappa shape index (κ3) is 2.69. The molecule has 1 aromatic carbocycles. The van der Waals surface area contributed by atoms with Crippen molar-refractivity contribution in [2.24, 2.45) is 0 Å². The smallest absolute Gasteiger partial charge is 0.126 e. The molecule has 0 atom stereocenters. The summed E-state index contributed by atoms with van der Waals surface area (Å²) in [6.07, 6.45) is 3.58. The normalized spacial score (nSPS) is 14.1. The molecule has 1 aromatic heterocycles. The minimum atomic E-state index is 0.0992. The zero-order valence-corrected chi connectivity index (χ0v) is 12.3. The van der Waals surface area contributed by atoms with E-state index in [1.807, 2.05) is 0 Å². The topological polar surface area (TPSA) is 24.9 Å². The number of hydrogen-bond acceptors (Lipinski definition) is 2. The predicted octanol–water partition coefficient (Wildman–Crippen LogP) is 3.96. The summed E-state index contributed by atoms with van der Waals surface area (Å²) in [5.41, 5.74) is 4.17. The highest BCUT2D eigenvalue weighted by Crippen LogP contribution is 2.25. The van der Waals surface area contributed by atoms with E-state index in [1.54, 1.807) is 0 Å². The molecule has 1 N–H and O–H groups in total. The van der Waals surface area contributed by atoms with E-state index in [2.05, 4.69) is 61.6 Å². The van der Waals surface area contributed by atoms with Gasteiger partial charge >= 0.3 is 0 Å². The fourth-order valence-corrected chi connectivity index (χ4v) is 2.82. The van der Waals surface area contributed by atoms with Crippen LogP contribution in [0.2, 0.25) is 0 Å². The van der Waals surface area contributed by atoms with Gasteiger partial charge in [0.25, 0.3) is 0 Å². The van der Waals surface area contributed by atoms with Gasteiger partial charge < -0.3 is 5.32 Å². The molecule has 0 fully saturated rings. The van der Waals surface area contributed by atoms with E-state index >= 15 is 0 Å². The molecule has 1 heterocycles. The first-order valence-electron chi connectivity index (χ1n) is 7.43. The Bertz CT molecular complexity index is 588. The molecule has 1 aliphatic carbocycles. The van der Waals surface area contributed by atoms with Crippen LogP contribution in [0.5, 0.6) is 0 Å². The maximum absolute atomic E-state index is 4.74. The second-order valence-corrected chi connectivity index (χ2v) is 6.26. The quantitative estimate of drug-likeness (QED) is 0.906. The summed E-state index contributed by atoms with van der Waals surface area (Å²) in [7, 11) is 0. The van der Waals surface area contributed by atoms with E-state index in [1.165, 1.54) is 29.7 Å². The van der Waals surface area contributed by atoms with Crippen molar-refractivity contribution < 1.29 is 0 Å². The molecule has 2 aromatic rings. The largest absolute Gasteiger partial charge is 0.369 e. The van der Waals surface area contributed by atoms with Crippen LogP contribution >= 0.6 is 0 Å². The molecule has 0 aliphatic heterocycles. The monoisotopic (exact) mass is 266 g/mol. The minimum Gasteiger partial charge on any atom is -0.369 e. The van der Waals surface area contributed by atoms with E-state index in [0.29, 0.717) is 0 Å². The van der Waals surface area contributed by atoms with Gasteiger partial charge in [-0.2, -0.15) is 0 Å². The molecule has 0 bridgehead atoms. The van der Waals surface area contributed by atoms with Crippen molar-refractivity contribution in [1.82, 2.24) is 4.98 Å². The molecule has 0 saturated carbocycles. The first-order chi connectivity index (χ1) is 9.65. The number of nitrogens with zero attached hydrogens (tertiary/aromatic N) is 1. The lowest BCUT2D eigenvalue weighted by Crippen LogP contribution is -2.27. The highest BCUT2D eigenvalue weighted by Gasteiger charge is 2.20. The average molecular weight is 266 g/mol. The molecular weight excluding hydrogens is 244 g/mol. The molecule has 3 rings (SSSR count). The van der Waals surface area contributed by atoms with Crippen LogP contribution in [0.1, 0.15) is 37.1 Å². The van der Waals surface area contributed by atoms with Crippen LogP contribution < -0.4 is 5.32 Å². The number of aromatic nitrogens is 1. The van der Waals surface area contributed by atoms with E-state index < -0.39 is 0 Å². The molecule has 0 spiro atoms. The Hall–Kier alpha value is -1.83. The second-order valence-electron chi connectivity index (χ2n) is 6.26. The zero-order chi connectivity index (χ0) is 14.0. The Morgan fingerprint density at radius 1 is 1.05 bits per heavy atom. The van der Waals surface area contributed by atoms with Gasteiger partial charge in [-0.25, -0.2) is 4.98 Å². The van der Waals surface area contributed by atoms with Crippen LogP contribution in [0.25, 0.3) is 0 Å². The number of hydrogen-bond donors (Lipinski definition) is 1. The first-order valence-corrected chi connectivity index (χ1v) is 7.43. The molecule has 0 radical (unpaired) electrons. The van der Waals surface area contributed by atoms with Crippen LogP contribution in [0.15, 0.2) is 42.5 Å². The summed E-state index contributed by atoms with van der Waals surface area (Å²) < 4.78 is 0. The van der Waals surface area contributed by atoms with Crippen LogP contribution in [-0.4, -0.2) is 11.5 Å². The van der Waals surface area contributed by atoms with Gasteiger partial charge in [0.1, 0.15) is 5.82 Å². The SMILES string of the molecule is CC(C)(CNc1ccc2c(n1)CCC2)c1ccccc1. The molecule has 2 heteroatoms. The summed E-state index contributed by atoms with van der Waals surface area (Å²) >= 11 is 0. The zero-order valence-electron chi connectivity index (χ0n) is 12.3. The predicted molar refractivity (Wildman–Crippen MR) is 84.2 cm³/mol. The number of fused-ring (bicyclic) bond motifs is 1. The van der Waals surface area contributed by atoms with Crippen molar-refractivity contribution in [2.75, 3.05) is 11.9 Å². The number of anilines is 1. The lowest BCUT2D eigenvalue weighted by Gasteiger charge is -2.26. The Morgan fingerprint density at radius 2 is 1.85 bits per heavy atom. The molecule has 0 saturated heterocycles. The number of rotatable bonds is 4. The van der Waals surface area contributed by atoms with Crippen molar-refractivity contribution in [3.05, 3.63) is 59.3 Å². The van der Waals surface area contributed by atoms with Crippen molar-refractivity contribution in [3.63, 3.8) is 0 Å². The van der Waals surface area contributed by atoms with Gasteiger partial charge in [0.15, 0.2) is 0 Å². The van der Waals surface area contributed by atoms with E-state index in [0.717, 1.165) is 18.8 Å². The molecular formula is C18H22N2. The summed E-state index contributed by atoms with van der Waals surface area (Å²) in [5, 5.41) is 3.50. The van der Waals surface area contributed by atoms with Crippen molar-refractivity contribution >= 4 is 5.82 Å². The highest BCUT2D eigenvalue weighted by atomic mass is 15.0. The van der Waals surface area contributed by atoms with Gasteiger partial charge in [0.05, 0.1) is 0 Å². The maximum atomic E-state index is 4.74. The highest BCUT2D eigenvalue weighted by molar-refractivity contribution is 5.41. The van der Waals surface area contributed by atoms with Crippen molar-refractivity contribution in [1.29, 1.82) is 0 Å². The van der Waals surface area contributed by atoms with Crippen molar-refractivity contribution in [2.45, 2.75) is 38.5 Å². The van der Waals surface area contributed by atoms with E-state index in [4.69, 9.17) is 4.98 Å². The number of benzene rings is 1. The Labute approximate surface area is 121 Å². The van der Waals surface area contributed by atoms with Gasteiger partial charge in [0.2, 0.25) is 0 Å². The number of pyridine rings is 1. The summed E-state index contributed by atoms with van der Waals surface area (Å²) in [4.78, 5) is 4.74. The molecule has 0 unspecified atom stereocenters. The van der Waals surface area contributed by atoms with Gasteiger partial charge in [-0.05, 0) is 36.5 Å². The van der Waals surface area contributed by atoms with Crippen molar-refractivity contribution in [3.8, 4) is 0 Å². The van der Waals surface area contributed by atoms with Gasteiger partial charge in [0, 0.05) is 17.7 Å². The van der Waals surface area contributed by atoms with Crippen LogP contribution in [-0.2, 0) is 18.3 Å². The van der Waals surface area contributed by atoms with Gasteiger partial charge in [-0.1, -0.05) is 50.2 Å². The Morgan fingerprint density at radius 3 is 2.65 bits per heavy atom. The Kier molecular flexibility index (Phi) is 3.47. The third-order valence-electron chi connectivity index (χ3n) is 4.19. The number of nitrogens with one attached hydrogen (secondary N) is 1. The maximum Gasteiger partial charge on any atom is 0.126 e. The van der Waals surface area contributed by atoms with Crippen LogP contribution in [0.4, 0.5) is 5.82 Å².